The second-order valence-corrected chi connectivity index (χ2v) is 19.8. The molecule has 0 aromatic carbocycles. The number of phosphoric ester groups is 1. The van der Waals surface area contributed by atoms with E-state index < -0.39 is 63.1 Å². The molecule has 0 aliphatic heterocycles. The molecule has 13 heteroatoms. The molecule has 0 bridgehead atoms. The number of rotatable bonds is 45. The Morgan fingerprint density at radius 3 is 1.31 bits per heavy atom. The number of hydrogen-bond donors (Lipinski definition) is 6. The maximum absolute atomic E-state index is 12.9. The molecule has 1 saturated carbocycles. The number of aliphatic hydroxyl groups excluding tert-OH is 5. The van der Waals surface area contributed by atoms with Gasteiger partial charge in [0, 0.05) is 13.0 Å². The van der Waals surface area contributed by atoms with Crippen LogP contribution in [0, 0.1) is 0 Å². The average Bonchev–Trinajstić information content (AvgIpc) is 3.28. The summed E-state index contributed by atoms with van der Waals surface area (Å²) in [5.74, 6) is -0.477. The number of carbonyl (C=O) groups excluding carboxylic acids is 1. The zero-order chi connectivity index (χ0) is 46.9. The minimum atomic E-state index is -5.02. The number of unbranched alkanes of at least 4 members (excludes halogenated alkanes) is 29. The molecule has 6 atom stereocenters. The molecule has 0 amide bonds. The number of esters is 1. The quantitative estimate of drug-likeness (QED) is 0.0147. The van der Waals surface area contributed by atoms with Crippen molar-refractivity contribution in [3.05, 3.63) is 24.3 Å². The molecule has 6 N–H and O–H groups in total. The first-order chi connectivity index (χ1) is 31.0. The fourth-order valence-electron chi connectivity index (χ4n) is 8.15. The largest absolute Gasteiger partial charge is 0.472 e. The molecule has 1 rings (SSSR count). The van der Waals surface area contributed by atoms with E-state index in [1.807, 2.05) is 0 Å². The van der Waals surface area contributed by atoms with E-state index in [1.54, 1.807) is 0 Å². The van der Waals surface area contributed by atoms with Crippen molar-refractivity contribution >= 4 is 13.8 Å². The maximum atomic E-state index is 12.9. The van der Waals surface area contributed by atoms with E-state index in [4.69, 9.17) is 18.5 Å². The summed E-state index contributed by atoms with van der Waals surface area (Å²) in [4.78, 5) is 23.2. The maximum Gasteiger partial charge on any atom is 0.472 e. The van der Waals surface area contributed by atoms with Crippen LogP contribution in [0.5, 0.6) is 0 Å². The Hall–Kier alpha value is -1.18. The fourth-order valence-corrected chi connectivity index (χ4v) is 9.12. The lowest BCUT2D eigenvalue weighted by atomic mass is 9.85. The number of hydrogen-bond acceptors (Lipinski definition) is 11. The third-order valence-corrected chi connectivity index (χ3v) is 13.3. The van der Waals surface area contributed by atoms with Crippen molar-refractivity contribution in [3.63, 3.8) is 0 Å². The van der Waals surface area contributed by atoms with E-state index in [0.29, 0.717) is 13.0 Å². The Kier molecular flexibility index (Phi) is 39.9. The molecule has 1 aliphatic rings. The summed E-state index contributed by atoms with van der Waals surface area (Å²) in [6, 6.07) is 0. The lowest BCUT2D eigenvalue weighted by Crippen LogP contribution is -2.64. The molecular formula is C51H97O12P. The molecule has 0 aromatic rings. The van der Waals surface area contributed by atoms with Crippen molar-refractivity contribution in [1.29, 1.82) is 0 Å². The Balaban J connectivity index is 2.33. The van der Waals surface area contributed by atoms with Crippen LogP contribution in [0.15, 0.2) is 24.3 Å². The Labute approximate surface area is 390 Å². The summed E-state index contributed by atoms with van der Waals surface area (Å²) in [6.07, 6.45) is 36.7. The predicted octanol–water partition coefficient (Wildman–Crippen LogP) is 11.7. The average molecular weight is 933 g/mol. The molecule has 12 nitrogen and oxygen atoms in total. The number of allylic oxidation sites excluding steroid dienone is 4. The van der Waals surface area contributed by atoms with Crippen molar-refractivity contribution in [2.75, 3.05) is 19.8 Å². The van der Waals surface area contributed by atoms with Crippen molar-refractivity contribution in [1.82, 2.24) is 0 Å². The monoisotopic (exact) mass is 933 g/mol. The highest BCUT2D eigenvalue weighted by Crippen LogP contribution is 2.47. The number of aliphatic hydroxyl groups is 5. The summed E-state index contributed by atoms with van der Waals surface area (Å²) >= 11 is 0. The van der Waals surface area contributed by atoms with E-state index in [2.05, 4.69) is 38.2 Å². The molecule has 64 heavy (non-hydrogen) atoms. The van der Waals surface area contributed by atoms with Crippen molar-refractivity contribution < 1.29 is 58.3 Å². The third-order valence-electron chi connectivity index (χ3n) is 12.3. The summed E-state index contributed by atoms with van der Waals surface area (Å²) in [5, 5.41) is 50.3. The molecular weight excluding hydrogens is 836 g/mol. The first-order valence-electron chi connectivity index (χ1n) is 26.2. The number of phosphoric acid groups is 1. The second-order valence-electron chi connectivity index (χ2n) is 18.4. The smallest absolute Gasteiger partial charge is 0.457 e. The van der Waals surface area contributed by atoms with Crippen LogP contribution in [0.1, 0.15) is 232 Å². The summed E-state index contributed by atoms with van der Waals surface area (Å²) in [5.41, 5.74) is 0. The zero-order valence-corrected chi connectivity index (χ0v) is 41.5. The van der Waals surface area contributed by atoms with Gasteiger partial charge in [0.25, 0.3) is 0 Å². The SMILES string of the molecule is CCCCCCC/C=C\C/C=C\CCCCCCCCCCCC(=O)OC(COCCCCCCCCCCCCCCCCCC)COP(=O)(O)OC1C(O)C(O)C(O)C(O)C1O. The molecule has 0 aromatic heterocycles. The predicted molar refractivity (Wildman–Crippen MR) is 258 cm³/mol. The highest BCUT2D eigenvalue weighted by Gasteiger charge is 2.51. The van der Waals surface area contributed by atoms with Crippen LogP contribution in [0.2, 0.25) is 0 Å². The molecule has 0 radical (unpaired) electrons. The minimum absolute atomic E-state index is 0.0737. The highest BCUT2D eigenvalue weighted by atomic mass is 31.2. The van der Waals surface area contributed by atoms with Gasteiger partial charge in [-0.15, -0.1) is 0 Å². The number of ether oxygens (including phenoxy) is 2. The first kappa shape index (κ1) is 60.8. The zero-order valence-electron chi connectivity index (χ0n) is 40.6. The highest BCUT2D eigenvalue weighted by molar-refractivity contribution is 7.47. The van der Waals surface area contributed by atoms with E-state index in [1.165, 1.54) is 154 Å². The van der Waals surface area contributed by atoms with Gasteiger partial charge < -0.3 is 39.9 Å². The minimum Gasteiger partial charge on any atom is -0.457 e. The summed E-state index contributed by atoms with van der Waals surface area (Å²) in [7, 11) is -5.02. The fraction of sp³-hybridized carbons (Fsp3) is 0.902. The van der Waals surface area contributed by atoms with Crippen LogP contribution in [0.3, 0.4) is 0 Å². The molecule has 1 aliphatic carbocycles. The van der Waals surface area contributed by atoms with Crippen molar-refractivity contribution in [3.8, 4) is 0 Å². The van der Waals surface area contributed by atoms with Crippen LogP contribution in [0.25, 0.3) is 0 Å². The van der Waals surface area contributed by atoms with Gasteiger partial charge in [0.2, 0.25) is 0 Å². The summed E-state index contributed by atoms with van der Waals surface area (Å²) < 4.78 is 34.3. The van der Waals surface area contributed by atoms with Crippen LogP contribution >= 0.6 is 7.82 Å². The lowest BCUT2D eigenvalue weighted by Gasteiger charge is -2.41. The number of carbonyl (C=O) groups is 1. The van der Waals surface area contributed by atoms with Gasteiger partial charge in [0.15, 0.2) is 0 Å². The standard InChI is InChI=1S/C51H97O12P/c1-3-5-7-9-11-13-15-17-19-21-22-23-24-25-26-28-30-32-34-36-38-40-45(52)62-44(43-61-64(58,59)63-51-49(56)47(54)46(53)48(55)50(51)57)42-60-41-39-37-35-33-31-29-27-20-18-16-14-12-10-8-6-4-2/h15,17,21-22,44,46-51,53-57H,3-14,16,18-20,23-43H2,1-2H3,(H,58,59)/b17-15-,22-21-. The van der Waals surface area contributed by atoms with Crippen molar-refractivity contribution in [2.24, 2.45) is 0 Å². The first-order valence-corrected chi connectivity index (χ1v) is 27.7. The van der Waals surface area contributed by atoms with Gasteiger partial charge >= 0.3 is 13.8 Å². The van der Waals surface area contributed by atoms with E-state index in [-0.39, 0.29) is 13.0 Å². The van der Waals surface area contributed by atoms with Gasteiger partial charge in [0.05, 0.1) is 13.2 Å². The Morgan fingerprint density at radius 2 is 0.875 bits per heavy atom. The van der Waals surface area contributed by atoms with Crippen LogP contribution in [0.4, 0.5) is 0 Å². The Morgan fingerprint density at radius 1 is 0.500 bits per heavy atom. The van der Waals surface area contributed by atoms with Gasteiger partial charge in [-0.3, -0.25) is 13.8 Å². The lowest BCUT2D eigenvalue weighted by molar-refractivity contribution is -0.220. The molecule has 6 unspecified atom stereocenters. The molecule has 378 valence electrons. The van der Waals surface area contributed by atoms with E-state index in [0.717, 1.165) is 51.4 Å². The second kappa shape index (κ2) is 42.0. The summed E-state index contributed by atoms with van der Waals surface area (Å²) in [6.45, 7) is 4.29. The van der Waals surface area contributed by atoms with Crippen LogP contribution in [-0.4, -0.2) is 98.9 Å². The topological polar surface area (TPSA) is 192 Å². The van der Waals surface area contributed by atoms with Gasteiger partial charge in [-0.1, -0.05) is 205 Å². The van der Waals surface area contributed by atoms with Crippen LogP contribution < -0.4 is 0 Å². The molecule has 1 fully saturated rings. The van der Waals surface area contributed by atoms with Gasteiger partial charge in [-0.05, 0) is 44.9 Å². The van der Waals surface area contributed by atoms with Crippen molar-refractivity contribution in [2.45, 2.75) is 275 Å². The molecule has 0 saturated heterocycles. The normalized spacial score (nSPS) is 21.8. The van der Waals surface area contributed by atoms with Crippen LogP contribution in [-0.2, 0) is 27.9 Å². The van der Waals surface area contributed by atoms with Gasteiger partial charge in [-0.2, -0.15) is 0 Å². The third kappa shape index (κ3) is 33.3. The molecule has 0 heterocycles. The molecule has 0 spiro atoms. The Bertz CT molecular complexity index is 1150. The van der Waals surface area contributed by atoms with E-state index >= 15 is 0 Å². The van der Waals surface area contributed by atoms with Gasteiger partial charge in [0.1, 0.15) is 42.7 Å². The van der Waals surface area contributed by atoms with E-state index in [9.17, 15) is 39.8 Å². The van der Waals surface area contributed by atoms with Gasteiger partial charge in [-0.25, -0.2) is 4.57 Å².